The van der Waals surface area contributed by atoms with E-state index < -0.39 is 0 Å². The Labute approximate surface area is 178 Å². The van der Waals surface area contributed by atoms with Crippen LogP contribution in [0.1, 0.15) is 10.4 Å². The lowest BCUT2D eigenvalue weighted by Gasteiger charge is -2.31. The van der Waals surface area contributed by atoms with Crippen molar-refractivity contribution in [2.24, 2.45) is 0 Å². The molecule has 0 atom stereocenters. The van der Waals surface area contributed by atoms with Gasteiger partial charge in [-0.2, -0.15) is 0 Å². The van der Waals surface area contributed by atoms with Crippen LogP contribution >= 0.6 is 11.3 Å². The minimum Gasteiger partial charge on any atom is -0.493 e. The van der Waals surface area contributed by atoms with E-state index in [1.807, 2.05) is 22.9 Å². The van der Waals surface area contributed by atoms with E-state index in [1.165, 1.54) is 18.4 Å². The molecule has 0 aliphatic carbocycles. The minimum absolute atomic E-state index is 0.250. The number of anilines is 2. The number of rotatable bonds is 6. The molecule has 1 amide bonds. The lowest BCUT2D eigenvalue weighted by molar-refractivity contribution is 0.102. The molecule has 0 bridgehead atoms. The van der Waals surface area contributed by atoms with Gasteiger partial charge in [0.05, 0.1) is 14.2 Å². The van der Waals surface area contributed by atoms with Crippen LogP contribution in [0.2, 0.25) is 0 Å². The van der Waals surface area contributed by atoms with Gasteiger partial charge >= 0.3 is 0 Å². The third kappa shape index (κ3) is 4.10. The smallest absolute Gasteiger partial charge is 0.256 e. The van der Waals surface area contributed by atoms with Crippen LogP contribution in [-0.4, -0.2) is 73.0 Å². The van der Waals surface area contributed by atoms with Gasteiger partial charge in [-0.15, -0.1) is 10.2 Å². The molecule has 1 aliphatic rings. The first-order valence-electron chi connectivity index (χ1n) is 9.57. The van der Waals surface area contributed by atoms with Crippen LogP contribution in [0.25, 0.3) is 5.13 Å². The van der Waals surface area contributed by atoms with Crippen molar-refractivity contribution < 1.29 is 14.3 Å². The number of nitrogens with one attached hydrogen (secondary N) is 1. The van der Waals surface area contributed by atoms with Gasteiger partial charge in [0.1, 0.15) is 5.82 Å². The highest BCUT2D eigenvalue weighted by atomic mass is 32.1. The van der Waals surface area contributed by atoms with E-state index in [0.29, 0.717) is 28.0 Å². The Morgan fingerprint density at radius 3 is 2.50 bits per heavy atom. The summed E-state index contributed by atoms with van der Waals surface area (Å²) in [5.41, 5.74) is 0.468. The molecule has 0 spiro atoms. The van der Waals surface area contributed by atoms with Crippen LogP contribution in [-0.2, 0) is 0 Å². The molecule has 0 saturated carbocycles. The second-order valence-corrected chi connectivity index (χ2v) is 7.88. The first-order valence-corrected chi connectivity index (χ1v) is 10.4. The maximum atomic E-state index is 12.8. The lowest BCUT2D eigenvalue weighted by Crippen LogP contribution is -2.44. The number of benzene rings is 1. The molecule has 30 heavy (non-hydrogen) atoms. The van der Waals surface area contributed by atoms with Gasteiger partial charge in [0.2, 0.25) is 10.3 Å². The summed E-state index contributed by atoms with van der Waals surface area (Å²) in [6.45, 7) is 3.87. The maximum absolute atomic E-state index is 12.8. The molecule has 0 unspecified atom stereocenters. The van der Waals surface area contributed by atoms with Crippen LogP contribution in [0, 0.1) is 0 Å². The molecule has 1 aromatic carbocycles. The second-order valence-electron chi connectivity index (χ2n) is 6.94. The Balaban J connectivity index is 1.51. The van der Waals surface area contributed by atoms with Gasteiger partial charge < -0.3 is 24.6 Å². The normalized spacial score (nSPS) is 14.6. The molecule has 1 fully saturated rings. The number of hydrogen-bond acceptors (Lipinski definition) is 8. The van der Waals surface area contributed by atoms with E-state index in [-0.39, 0.29) is 5.91 Å². The summed E-state index contributed by atoms with van der Waals surface area (Å²) in [6.07, 6.45) is 1.86. The summed E-state index contributed by atoms with van der Waals surface area (Å²) in [4.78, 5) is 17.3. The maximum Gasteiger partial charge on any atom is 0.256 e. The molecule has 9 nitrogen and oxygen atoms in total. The van der Waals surface area contributed by atoms with Crippen molar-refractivity contribution in [3.05, 3.63) is 42.1 Å². The van der Waals surface area contributed by atoms with Crippen LogP contribution in [0.4, 0.5) is 10.9 Å². The Bertz CT molecular complexity index is 1030. The Morgan fingerprint density at radius 2 is 1.77 bits per heavy atom. The molecule has 3 aromatic rings. The van der Waals surface area contributed by atoms with Crippen LogP contribution < -0.4 is 19.7 Å². The number of ether oxygens (including phenoxy) is 2. The monoisotopic (exact) mass is 428 g/mol. The average Bonchev–Trinajstić information content (AvgIpc) is 3.43. The number of carbonyl (C=O) groups excluding carboxylic acids is 1. The standard InChI is InChI=1S/C20H24N6O3S/c1-24-9-11-25(12-10-24)19-22-23-20(30-19)26-8-4-5-17(26)21-18(27)14-6-7-15(28-2)16(13-14)29-3/h4-8,13H,9-12H2,1-3H3,(H,21,27). The highest BCUT2D eigenvalue weighted by Gasteiger charge is 2.20. The van der Waals surface area contributed by atoms with E-state index in [9.17, 15) is 4.79 Å². The molecule has 1 saturated heterocycles. The van der Waals surface area contributed by atoms with E-state index >= 15 is 0 Å². The molecule has 158 valence electrons. The van der Waals surface area contributed by atoms with Crippen molar-refractivity contribution in [3.63, 3.8) is 0 Å². The SMILES string of the molecule is COc1ccc(C(=O)Nc2cccn2-c2nnc(N3CCN(C)CC3)s2)cc1OC. The van der Waals surface area contributed by atoms with Gasteiger partial charge in [-0.3, -0.25) is 9.36 Å². The molecular weight excluding hydrogens is 404 g/mol. The van der Waals surface area contributed by atoms with Crippen LogP contribution in [0.3, 0.4) is 0 Å². The van der Waals surface area contributed by atoms with Gasteiger partial charge in [0.15, 0.2) is 11.5 Å². The molecular formula is C20H24N6O3S. The van der Waals surface area contributed by atoms with Gasteiger partial charge in [-0.1, -0.05) is 11.3 Å². The fraction of sp³-hybridized carbons (Fsp3) is 0.350. The molecule has 0 radical (unpaired) electrons. The van der Waals surface area contributed by atoms with Crippen molar-refractivity contribution in [1.29, 1.82) is 0 Å². The van der Waals surface area contributed by atoms with Crippen LogP contribution in [0.15, 0.2) is 36.5 Å². The quantitative estimate of drug-likeness (QED) is 0.645. The Morgan fingerprint density at radius 1 is 1.03 bits per heavy atom. The van der Waals surface area contributed by atoms with E-state index in [1.54, 1.807) is 25.3 Å². The molecule has 3 heterocycles. The first-order chi connectivity index (χ1) is 14.6. The highest BCUT2D eigenvalue weighted by molar-refractivity contribution is 7.17. The minimum atomic E-state index is -0.250. The number of carbonyl (C=O) groups is 1. The lowest BCUT2D eigenvalue weighted by atomic mass is 10.2. The third-order valence-electron chi connectivity index (χ3n) is 5.02. The van der Waals surface area contributed by atoms with Crippen molar-refractivity contribution in [1.82, 2.24) is 19.7 Å². The molecule has 4 rings (SSSR count). The predicted molar refractivity (Wildman–Crippen MR) is 116 cm³/mol. The number of nitrogens with zero attached hydrogens (tertiary/aromatic N) is 5. The van der Waals surface area contributed by atoms with Crippen molar-refractivity contribution >= 4 is 28.2 Å². The fourth-order valence-electron chi connectivity index (χ4n) is 3.25. The van der Waals surface area contributed by atoms with Crippen molar-refractivity contribution in [2.75, 3.05) is 57.7 Å². The average molecular weight is 429 g/mol. The second kappa shape index (κ2) is 8.72. The number of amides is 1. The largest absolute Gasteiger partial charge is 0.493 e. The van der Waals surface area contributed by atoms with Crippen molar-refractivity contribution in [3.8, 4) is 16.6 Å². The fourth-order valence-corrected chi connectivity index (χ4v) is 4.14. The third-order valence-corrected chi connectivity index (χ3v) is 6.00. The van der Waals surface area contributed by atoms with Gasteiger partial charge in [0, 0.05) is 37.9 Å². The number of piperazine rings is 1. The Hall–Kier alpha value is -3.11. The summed E-state index contributed by atoms with van der Waals surface area (Å²) in [6, 6.07) is 8.74. The zero-order valence-corrected chi connectivity index (χ0v) is 18.0. The van der Waals surface area contributed by atoms with Gasteiger partial charge in [-0.05, 0) is 37.4 Å². The topological polar surface area (TPSA) is 84.7 Å². The van der Waals surface area contributed by atoms with E-state index in [0.717, 1.165) is 31.3 Å². The Kier molecular flexibility index (Phi) is 5.86. The predicted octanol–water partition coefficient (Wildman–Crippen LogP) is 2.35. The van der Waals surface area contributed by atoms with E-state index in [4.69, 9.17) is 9.47 Å². The van der Waals surface area contributed by atoms with Crippen molar-refractivity contribution in [2.45, 2.75) is 0 Å². The molecule has 2 aromatic heterocycles. The molecule has 1 N–H and O–H groups in total. The summed E-state index contributed by atoms with van der Waals surface area (Å²) in [7, 11) is 5.22. The van der Waals surface area contributed by atoms with Crippen LogP contribution in [0.5, 0.6) is 11.5 Å². The number of likely N-dealkylation sites (N-methyl/N-ethyl adjacent to an activating group) is 1. The summed E-state index contributed by atoms with van der Waals surface area (Å²) in [5, 5.41) is 13.2. The summed E-state index contributed by atoms with van der Waals surface area (Å²) < 4.78 is 12.3. The zero-order valence-electron chi connectivity index (χ0n) is 17.2. The highest BCUT2D eigenvalue weighted by Crippen LogP contribution is 2.29. The summed E-state index contributed by atoms with van der Waals surface area (Å²) >= 11 is 1.51. The molecule has 1 aliphatic heterocycles. The number of hydrogen-bond donors (Lipinski definition) is 1. The summed E-state index contributed by atoms with van der Waals surface area (Å²) in [5.74, 6) is 1.44. The van der Waals surface area contributed by atoms with Gasteiger partial charge in [-0.25, -0.2) is 0 Å². The van der Waals surface area contributed by atoms with E-state index in [2.05, 4.69) is 32.4 Å². The molecule has 10 heteroatoms. The number of methoxy groups -OCH3 is 2. The van der Waals surface area contributed by atoms with Gasteiger partial charge in [0.25, 0.3) is 5.91 Å². The zero-order chi connectivity index (χ0) is 21.1. The number of aromatic nitrogens is 3. The first kappa shape index (κ1) is 20.2.